The molecule has 0 saturated heterocycles. The summed E-state index contributed by atoms with van der Waals surface area (Å²) < 4.78 is 6.77. The van der Waals surface area contributed by atoms with Crippen molar-refractivity contribution in [3.8, 4) is 17.0 Å². The lowest BCUT2D eigenvalue weighted by Crippen LogP contribution is -2.18. The molecule has 5 nitrogen and oxygen atoms in total. The van der Waals surface area contributed by atoms with Gasteiger partial charge in [0.15, 0.2) is 0 Å². The lowest BCUT2D eigenvalue weighted by Gasteiger charge is -2.05. The van der Waals surface area contributed by atoms with Crippen molar-refractivity contribution in [1.29, 1.82) is 0 Å². The van der Waals surface area contributed by atoms with E-state index in [1.165, 1.54) is 0 Å². The van der Waals surface area contributed by atoms with Gasteiger partial charge >= 0.3 is 6.09 Å². The van der Waals surface area contributed by atoms with E-state index in [0.29, 0.717) is 22.3 Å². The summed E-state index contributed by atoms with van der Waals surface area (Å²) in [6.07, 6.45) is -0.572. The molecule has 0 atom stereocenters. The molecule has 2 aromatic carbocycles. The number of carbonyl (C=O) groups excluding carboxylic acids is 1. The fourth-order valence-corrected chi connectivity index (χ4v) is 2.29. The Kier molecular flexibility index (Phi) is 4.30. The highest BCUT2D eigenvalue weighted by Crippen LogP contribution is 2.24. The molecular formula is C17H14ClN3O2. The third-order valence-corrected chi connectivity index (χ3v) is 3.42. The number of hydrogen-bond acceptors (Lipinski definition) is 3. The first kappa shape index (κ1) is 15.1. The summed E-state index contributed by atoms with van der Waals surface area (Å²) in [7, 11) is 1.74. The van der Waals surface area contributed by atoms with Gasteiger partial charge < -0.3 is 4.74 Å². The predicted octanol–water partition coefficient (Wildman–Crippen LogP) is 4.35. The molecule has 0 aliphatic rings. The number of anilines is 1. The highest BCUT2D eigenvalue weighted by Gasteiger charge is 2.11. The van der Waals surface area contributed by atoms with Gasteiger partial charge in [-0.15, -0.1) is 0 Å². The molecule has 0 radical (unpaired) electrons. The van der Waals surface area contributed by atoms with E-state index in [0.717, 1.165) is 5.56 Å². The normalized spacial score (nSPS) is 10.3. The lowest BCUT2D eigenvalue weighted by molar-refractivity contribution is 0.215. The van der Waals surface area contributed by atoms with Crippen LogP contribution >= 0.6 is 11.6 Å². The van der Waals surface area contributed by atoms with Gasteiger partial charge in [0.2, 0.25) is 0 Å². The second-order valence-corrected chi connectivity index (χ2v) is 5.31. The Bertz CT molecular complexity index is 831. The number of nitrogens with one attached hydrogen (secondary N) is 1. The van der Waals surface area contributed by atoms with Crippen LogP contribution in [0.3, 0.4) is 0 Å². The number of carbonyl (C=O) groups is 1. The zero-order valence-electron chi connectivity index (χ0n) is 12.4. The maximum atomic E-state index is 11.9. The summed E-state index contributed by atoms with van der Waals surface area (Å²) in [4.78, 5) is 11.9. The standard InChI is InChI=1S/C17H14ClN3O2/c1-21-16(19-17(22)23-14-8-3-2-4-9-14)11-15(20-21)12-6-5-7-13(18)10-12/h2-11H,1H3,(H,19,22). The van der Waals surface area contributed by atoms with Gasteiger partial charge in [0.05, 0.1) is 5.69 Å². The van der Waals surface area contributed by atoms with Crippen molar-refractivity contribution in [2.75, 3.05) is 5.32 Å². The minimum atomic E-state index is -0.572. The zero-order chi connectivity index (χ0) is 16.2. The summed E-state index contributed by atoms with van der Waals surface area (Å²) in [6, 6.07) is 18.0. The van der Waals surface area contributed by atoms with Crippen LogP contribution in [0.4, 0.5) is 10.6 Å². The summed E-state index contributed by atoms with van der Waals surface area (Å²) >= 11 is 5.99. The van der Waals surface area contributed by atoms with Crippen LogP contribution in [0.15, 0.2) is 60.7 Å². The molecule has 0 spiro atoms. The third kappa shape index (κ3) is 3.70. The van der Waals surface area contributed by atoms with E-state index in [1.54, 1.807) is 48.1 Å². The number of rotatable bonds is 3. The number of amides is 1. The van der Waals surface area contributed by atoms with E-state index in [9.17, 15) is 4.79 Å². The molecule has 0 saturated carbocycles. The summed E-state index contributed by atoms with van der Waals surface area (Å²) in [6.45, 7) is 0. The smallest absolute Gasteiger partial charge is 0.410 e. The highest BCUT2D eigenvalue weighted by atomic mass is 35.5. The van der Waals surface area contributed by atoms with Crippen molar-refractivity contribution < 1.29 is 9.53 Å². The number of aromatic nitrogens is 2. The molecule has 0 fully saturated rings. The van der Waals surface area contributed by atoms with E-state index >= 15 is 0 Å². The van der Waals surface area contributed by atoms with Crippen LogP contribution in [0.5, 0.6) is 5.75 Å². The second kappa shape index (κ2) is 6.54. The second-order valence-electron chi connectivity index (χ2n) is 4.88. The molecule has 116 valence electrons. The minimum Gasteiger partial charge on any atom is -0.410 e. The van der Waals surface area contributed by atoms with Gasteiger partial charge in [-0.05, 0) is 24.3 Å². The molecule has 3 aromatic rings. The van der Waals surface area contributed by atoms with Crippen LogP contribution in [0, 0.1) is 0 Å². The molecule has 3 rings (SSSR count). The predicted molar refractivity (Wildman–Crippen MR) is 89.7 cm³/mol. The van der Waals surface area contributed by atoms with Crippen LogP contribution < -0.4 is 10.1 Å². The fourth-order valence-electron chi connectivity index (χ4n) is 2.10. The van der Waals surface area contributed by atoms with Gasteiger partial charge in [-0.25, -0.2) is 4.79 Å². The van der Waals surface area contributed by atoms with Crippen molar-refractivity contribution in [3.63, 3.8) is 0 Å². The van der Waals surface area contributed by atoms with E-state index < -0.39 is 6.09 Å². The van der Waals surface area contributed by atoms with E-state index in [1.807, 2.05) is 24.3 Å². The van der Waals surface area contributed by atoms with Crippen LogP contribution in [-0.4, -0.2) is 15.9 Å². The van der Waals surface area contributed by atoms with Crippen LogP contribution in [0.25, 0.3) is 11.3 Å². The first-order valence-corrected chi connectivity index (χ1v) is 7.33. The number of benzene rings is 2. The topological polar surface area (TPSA) is 56.2 Å². The molecule has 0 aliphatic carbocycles. The number of para-hydroxylation sites is 1. The molecule has 0 bridgehead atoms. The van der Waals surface area contributed by atoms with Crippen molar-refractivity contribution in [2.24, 2.45) is 7.05 Å². The molecule has 1 amide bonds. The average molecular weight is 328 g/mol. The summed E-state index contributed by atoms with van der Waals surface area (Å²) in [5.41, 5.74) is 1.59. The number of halogens is 1. The lowest BCUT2D eigenvalue weighted by atomic mass is 10.1. The molecule has 1 heterocycles. The fraction of sp³-hybridized carbons (Fsp3) is 0.0588. The molecule has 0 aliphatic heterocycles. The Morgan fingerprint density at radius 1 is 1.13 bits per heavy atom. The van der Waals surface area contributed by atoms with Gasteiger partial charge in [-0.3, -0.25) is 10.00 Å². The number of ether oxygens (including phenoxy) is 1. The van der Waals surface area contributed by atoms with Gasteiger partial charge in [0.25, 0.3) is 0 Å². The SMILES string of the molecule is Cn1nc(-c2cccc(Cl)c2)cc1NC(=O)Oc1ccccc1. The first-order valence-electron chi connectivity index (χ1n) is 6.96. The Balaban J connectivity index is 1.75. The van der Waals surface area contributed by atoms with Crippen LogP contribution in [-0.2, 0) is 7.05 Å². The molecule has 0 unspecified atom stereocenters. The quantitative estimate of drug-likeness (QED) is 0.778. The first-order chi connectivity index (χ1) is 11.1. The number of hydrogen-bond donors (Lipinski definition) is 1. The van der Waals surface area contributed by atoms with Gasteiger partial charge in [0, 0.05) is 23.7 Å². The monoisotopic (exact) mass is 327 g/mol. The zero-order valence-corrected chi connectivity index (χ0v) is 13.1. The van der Waals surface area contributed by atoms with Gasteiger partial charge in [-0.1, -0.05) is 41.9 Å². The molecule has 6 heteroatoms. The van der Waals surface area contributed by atoms with Crippen molar-refractivity contribution in [2.45, 2.75) is 0 Å². The highest BCUT2D eigenvalue weighted by molar-refractivity contribution is 6.30. The molecular weight excluding hydrogens is 314 g/mol. The average Bonchev–Trinajstić information content (AvgIpc) is 2.89. The number of aryl methyl sites for hydroxylation is 1. The largest absolute Gasteiger partial charge is 0.418 e. The molecule has 23 heavy (non-hydrogen) atoms. The van der Waals surface area contributed by atoms with Crippen molar-refractivity contribution in [1.82, 2.24) is 9.78 Å². The molecule has 1 aromatic heterocycles. The molecule has 1 N–H and O–H groups in total. The van der Waals surface area contributed by atoms with Gasteiger partial charge in [-0.2, -0.15) is 5.10 Å². The Morgan fingerprint density at radius 3 is 2.65 bits per heavy atom. The Morgan fingerprint density at radius 2 is 1.91 bits per heavy atom. The van der Waals surface area contributed by atoms with Crippen molar-refractivity contribution >= 4 is 23.5 Å². The van der Waals surface area contributed by atoms with E-state index in [-0.39, 0.29) is 0 Å². The minimum absolute atomic E-state index is 0.474. The van der Waals surface area contributed by atoms with Crippen molar-refractivity contribution in [3.05, 3.63) is 65.7 Å². The van der Waals surface area contributed by atoms with Gasteiger partial charge in [0.1, 0.15) is 11.6 Å². The van der Waals surface area contributed by atoms with Crippen LogP contribution in [0.1, 0.15) is 0 Å². The van der Waals surface area contributed by atoms with E-state index in [4.69, 9.17) is 16.3 Å². The van der Waals surface area contributed by atoms with Crippen LogP contribution in [0.2, 0.25) is 5.02 Å². The Hall–Kier alpha value is -2.79. The summed E-state index contributed by atoms with van der Waals surface area (Å²) in [5, 5.41) is 7.67. The maximum Gasteiger partial charge on any atom is 0.418 e. The number of nitrogens with zero attached hydrogens (tertiary/aromatic N) is 2. The van der Waals surface area contributed by atoms with E-state index in [2.05, 4.69) is 10.4 Å². The Labute approximate surface area is 138 Å². The third-order valence-electron chi connectivity index (χ3n) is 3.18. The maximum absolute atomic E-state index is 11.9. The summed E-state index contributed by atoms with van der Waals surface area (Å²) in [5.74, 6) is 1.00.